The van der Waals surface area contributed by atoms with Gasteiger partial charge in [-0.3, -0.25) is 9.59 Å². The summed E-state index contributed by atoms with van der Waals surface area (Å²) in [5, 5.41) is 11.5. The molecular formula is C27H34N2O5. The molecule has 7 nitrogen and oxygen atoms in total. The molecule has 0 saturated carbocycles. The fourth-order valence-electron chi connectivity index (χ4n) is 4.44. The summed E-state index contributed by atoms with van der Waals surface area (Å²) in [7, 11) is 0. The molecule has 1 aliphatic rings. The smallest absolute Gasteiger partial charge is 0.407 e. The van der Waals surface area contributed by atoms with Crippen LogP contribution in [0.4, 0.5) is 4.79 Å². The number of benzene rings is 2. The van der Waals surface area contributed by atoms with Crippen LogP contribution in [0.15, 0.2) is 48.5 Å². The first-order valence-corrected chi connectivity index (χ1v) is 12.1. The Morgan fingerprint density at radius 2 is 1.53 bits per heavy atom. The third kappa shape index (κ3) is 6.83. The average molecular weight is 467 g/mol. The Balaban J connectivity index is 1.34. The lowest BCUT2D eigenvalue weighted by Gasteiger charge is -2.20. The zero-order valence-electron chi connectivity index (χ0n) is 19.8. The number of nitrogens with zero attached hydrogens (tertiary/aromatic N) is 1. The largest absolute Gasteiger partial charge is 0.481 e. The van der Waals surface area contributed by atoms with Gasteiger partial charge >= 0.3 is 12.1 Å². The molecule has 0 atom stereocenters. The number of nitrogens with one attached hydrogen (secondary N) is 1. The van der Waals surface area contributed by atoms with Gasteiger partial charge in [-0.2, -0.15) is 0 Å². The molecule has 0 saturated heterocycles. The van der Waals surface area contributed by atoms with Crippen molar-refractivity contribution in [2.24, 2.45) is 0 Å². The van der Waals surface area contributed by atoms with Crippen LogP contribution in [0.1, 0.15) is 62.5 Å². The fourth-order valence-corrected chi connectivity index (χ4v) is 4.44. The lowest BCUT2D eigenvalue weighted by atomic mass is 9.98. The zero-order valence-corrected chi connectivity index (χ0v) is 19.8. The Morgan fingerprint density at radius 1 is 0.912 bits per heavy atom. The van der Waals surface area contributed by atoms with Gasteiger partial charge in [-0.15, -0.1) is 0 Å². The maximum absolute atomic E-state index is 12.3. The van der Waals surface area contributed by atoms with E-state index in [0.717, 1.165) is 0 Å². The normalized spacial score (nSPS) is 12.0. The van der Waals surface area contributed by atoms with Crippen LogP contribution < -0.4 is 5.32 Å². The molecule has 182 valence electrons. The van der Waals surface area contributed by atoms with E-state index in [-0.39, 0.29) is 24.9 Å². The van der Waals surface area contributed by atoms with E-state index in [1.54, 1.807) is 4.90 Å². The van der Waals surface area contributed by atoms with E-state index < -0.39 is 12.1 Å². The van der Waals surface area contributed by atoms with Gasteiger partial charge in [0, 0.05) is 38.4 Å². The van der Waals surface area contributed by atoms with Gasteiger partial charge in [-0.25, -0.2) is 4.79 Å². The minimum absolute atomic E-state index is 0.0336. The summed E-state index contributed by atoms with van der Waals surface area (Å²) in [6.45, 7) is 3.86. The van der Waals surface area contributed by atoms with Gasteiger partial charge in [0.2, 0.25) is 5.91 Å². The number of carbonyl (C=O) groups excluding carboxylic acids is 2. The number of aliphatic carboxylic acids is 1. The van der Waals surface area contributed by atoms with Crippen molar-refractivity contribution in [1.82, 2.24) is 10.2 Å². The quantitative estimate of drug-likeness (QED) is 0.414. The Labute approximate surface area is 201 Å². The van der Waals surface area contributed by atoms with Gasteiger partial charge in [0.15, 0.2) is 0 Å². The van der Waals surface area contributed by atoms with Gasteiger partial charge in [0.05, 0.1) is 0 Å². The predicted molar refractivity (Wildman–Crippen MR) is 131 cm³/mol. The Bertz CT molecular complexity index is 945. The summed E-state index contributed by atoms with van der Waals surface area (Å²) in [5.41, 5.74) is 4.75. The number of amides is 2. The van der Waals surface area contributed by atoms with Crippen LogP contribution in [0.2, 0.25) is 0 Å². The molecule has 7 heteroatoms. The van der Waals surface area contributed by atoms with Crippen molar-refractivity contribution in [3.63, 3.8) is 0 Å². The number of hydrogen-bond acceptors (Lipinski definition) is 4. The lowest BCUT2D eigenvalue weighted by molar-refractivity contribution is -0.137. The molecule has 0 radical (unpaired) electrons. The molecule has 0 aromatic heterocycles. The molecular weight excluding hydrogens is 432 g/mol. The standard InChI is InChI=1S/C27H34N2O5/c1-2-29(18-10-8-16-26(31)32)25(30)15-7-9-17-28-27(33)34-19-24-22-13-5-3-11-20(22)21-12-4-6-14-23(21)24/h3-6,11-14,24H,2,7-10,15-19H2,1H3,(H,28,33)(H,31,32). The van der Waals surface area contributed by atoms with Crippen molar-refractivity contribution in [2.75, 3.05) is 26.2 Å². The molecule has 0 aliphatic heterocycles. The number of carboxylic acid groups (broad SMARTS) is 1. The van der Waals surface area contributed by atoms with E-state index in [1.807, 2.05) is 31.2 Å². The molecule has 0 unspecified atom stereocenters. The number of ether oxygens (including phenoxy) is 1. The highest BCUT2D eigenvalue weighted by Gasteiger charge is 2.28. The van der Waals surface area contributed by atoms with E-state index in [2.05, 4.69) is 29.6 Å². The summed E-state index contributed by atoms with van der Waals surface area (Å²) >= 11 is 0. The highest BCUT2D eigenvalue weighted by atomic mass is 16.5. The summed E-state index contributed by atoms with van der Waals surface area (Å²) in [6, 6.07) is 16.4. The van der Waals surface area contributed by atoms with Crippen LogP contribution in [-0.2, 0) is 14.3 Å². The number of carboxylic acids is 1. The molecule has 2 N–H and O–H groups in total. The second kappa shape index (κ2) is 12.8. The van der Waals surface area contributed by atoms with Crippen LogP contribution in [0.25, 0.3) is 11.1 Å². The summed E-state index contributed by atoms with van der Waals surface area (Å²) in [4.78, 5) is 36.9. The third-order valence-electron chi connectivity index (χ3n) is 6.23. The first-order valence-electron chi connectivity index (χ1n) is 12.1. The van der Waals surface area contributed by atoms with Gasteiger partial charge < -0.3 is 20.1 Å². The number of hydrogen-bond donors (Lipinski definition) is 2. The minimum atomic E-state index is -0.807. The van der Waals surface area contributed by atoms with Crippen LogP contribution in [-0.4, -0.2) is 54.2 Å². The molecule has 1 aliphatic carbocycles. The van der Waals surface area contributed by atoms with Gasteiger partial charge in [0.25, 0.3) is 0 Å². The van der Waals surface area contributed by atoms with Crippen molar-refractivity contribution in [3.8, 4) is 11.1 Å². The maximum atomic E-state index is 12.3. The van der Waals surface area contributed by atoms with Gasteiger partial charge in [0.1, 0.15) is 6.61 Å². The van der Waals surface area contributed by atoms with Gasteiger partial charge in [-0.1, -0.05) is 48.5 Å². The molecule has 34 heavy (non-hydrogen) atoms. The lowest BCUT2D eigenvalue weighted by Crippen LogP contribution is -2.32. The van der Waals surface area contributed by atoms with Crippen molar-refractivity contribution < 1.29 is 24.2 Å². The first kappa shape index (κ1) is 25.3. The van der Waals surface area contributed by atoms with E-state index in [4.69, 9.17) is 9.84 Å². The summed E-state index contributed by atoms with van der Waals surface area (Å²) < 4.78 is 5.53. The molecule has 2 aromatic rings. The van der Waals surface area contributed by atoms with Crippen LogP contribution in [0.5, 0.6) is 0 Å². The molecule has 0 bridgehead atoms. The molecule has 3 rings (SSSR count). The number of rotatable bonds is 13. The maximum Gasteiger partial charge on any atom is 0.407 e. The second-order valence-corrected chi connectivity index (χ2v) is 8.53. The molecule has 2 amide bonds. The topological polar surface area (TPSA) is 95.9 Å². The van der Waals surface area contributed by atoms with E-state index >= 15 is 0 Å². The number of carbonyl (C=O) groups is 3. The number of alkyl carbamates (subject to hydrolysis) is 1. The highest BCUT2D eigenvalue weighted by molar-refractivity contribution is 5.79. The van der Waals surface area contributed by atoms with Crippen LogP contribution >= 0.6 is 0 Å². The Hall–Kier alpha value is -3.35. The zero-order chi connectivity index (χ0) is 24.3. The highest BCUT2D eigenvalue weighted by Crippen LogP contribution is 2.44. The summed E-state index contributed by atoms with van der Waals surface area (Å²) in [6.07, 6.45) is 2.73. The average Bonchev–Trinajstić information content (AvgIpc) is 3.16. The Kier molecular flexibility index (Phi) is 9.50. The molecule has 0 fully saturated rings. The van der Waals surface area contributed by atoms with Crippen molar-refractivity contribution >= 4 is 18.0 Å². The van der Waals surface area contributed by atoms with Crippen molar-refractivity contribution in [3.05, 3.63) is 59.7 Å². The second-order valence-electron chi connectivity index (χ2n) is 8.53. The monoisotopic (exact) mass is 466 g/mol. The summed E-state index contributed by atoms with van der Waals surface area (Å²) in [5.74, 6) is -0.705. The first-order chi connectivity index (χ1) is 16.5. The Morgan fingerprint density at radius 3 is 2.15 bits per heavy atom. The number of unbranched alkanes of at least 4 members (excludes halogenated alkanes) is 2. The van der Waals surface area contributed by atoms with Crippen molar-refractivity contribution in [2.45, 2.75) is 51.4 Å². The molecule has 0 spiro atoms. The van der Waals surface area contributed by atoms with Crippen molar-refractivity contribution in [1.29, 1.82) is 0 Å². The third-order valence-corrected chi connectivity index (χ3v) is 6.23. The van der Waals surface area contributed by atoms with E-state index in [1.165, 1.54) is 22.3 Å². The predicted octanol–water partition coefficient (Wildman–Crippen LogP) is 4.80. The minimum Gasteiger partial charge on any atom is -0.481 e. The van der Waals surface area contributed by atoms with Gasteiger partial charge in [-0.05, 0) is 54.9 Å². The fraction of sp³-hybridized carbons (Fsp3) is 0.444. The molecule has 0 heterocycles. The number of fused-ring (bicyclic) bond motifs is 3. The van der Waals surface area contributed by atoms with E-state index in [0.29, 0.717) is 51.7 Å². The van der Waals surface area contributed by atoms with E-state index in [9.17, 15) is 14.4 Å². The van der Waals surface area contributed by atoms with Crippen LogP contribution in [0, 0.1) is 0 Å². The van der Waals surface area contributed by atoms with Crippen LogP contribution in [0.3, 0.4) is 0 Å². The molecule has 2 aromatic carbocycles. The SMILES string of the molecule is CCN(CCCCC(=O)O)C(=O)CCCCNC(=O)OCC1c2ccccc2-c2ccccc21.